The van der Waals surface area contributed by atoms with Crippen LogP contribution in [0.2, 0.25) is 0 Å². The summed E-state index contributed by atoms with van der Waals surface area (Å²) in [6.45, 7) is 0. The summed E-state index contributed by atoms with van der Waals surface area (Å²) in [6.07, 6.45) is 0.797. The monoisotopic (exact) mass is 229 g/mol. The standard InChI is InChI=1S/C10H13F2N3O/c1-13-9-7(11)4-8(12)10(15-9)14-5-2-6(16)3-5/h4-6,16H,2-3H2,1H3,(H2,13,14,15). The molecule has 0 radical (unpaired) electrons. The van der Waals surface area contributed by atoms with Crippen molar-refractivity contribution in [2.24, 2.45) is 0 Å². The molecule has 16 heavy (non-hydrogen) atoms. The lowest BCUT2D eigenvalue weighted by atomic mass is 9.89. The molecule has 1 fully saturated rings. The van der Waals surface area contributed by atoms with Crippen LogP contribution >= 0.6 is 0 Å². The van der Waals surface area contributed by atoms with Crippen LogP contribution in [0.25, 0.3) is 0 Å². The predicted molar refractivity (Wildman–Crippen MR) is 56.4 cm³/mol. The number of aliphatic hydroxyl groups is 1. The van der Waals surface area contributed by atoms with E-state index in [0.717, 1.165) is 6.07 Å². The highest BCUT2D eigenvalue weighted by atomic mass is 19.1. The van der Waals surface area contributed by atoms with E-state index in [2.05, 4.69) is 15.6 Å². The van der Waals surface area contributed by atoms with Crippen LogP contribution in [0.4, 0.5) is 20.4 Å². The SMILES string of the molecule is CNc1nc(NC2CC(O)C2)c(F)cc1F. The molecule has 0 aliphatic heterocycles. The number of nitrogens with one attached hydrogen (secondary N) is 2. The molecular formula is C10H13F2N3O. The molecule has 0 unspecified atom stereocenters. The minimum Gasteiger partial charge on any atom is -0.393 e. The minimum atomic E-state index is -0.724. The smallest absolute Gasteiger partial charge is 0.168 e. The molecule has 0 amide bonds. The highest BCUT2D eigenvalue weighted by Gasteiger charge is 2.28. The average Bonchev–Trinajstić information content (AvgIpc) is 2.19. The number of rotatable bonds is 3. The van der Waals surface area contributed by atoms with Gasteiger partial charge in [0.2, 0.25) is 0 Å². The highest BCUT2D eigenvalue weighted by molar-refractivity contribution is 5.48. The summed E-state index contributed by atoms with van der Waals surface area (Å²) in [5.74, 6) is -1.43. The molecule has 1 saturated carbocycles. The number of aromatic nitrogens is 1. The Bertz CT molecular complexity index is 394. The number of aliphatic hydroxyl groups excluding tert-OH is 1. The molecule has 0 atom stereocenters. The van der Waals surface area contributed by atoms with E-state index >= 15 is 0 Å². The van der Waals surface area contributed by atoms with E-state index < -0.39 is 11.6 Å². The third-order valence-electron chi connectivity index (χ3n) is 2.62. The molecule has 1 heterocycles. The van der Waals surface area contributed by atoms with Gasteiger partial charge in [0.25, 0.3) is 0 Å². The maximum absolute atomic E-state index is 13.3. The normalized spacial score (nSPS) is 23.8. The fourth-order valence-corrected chi connectivity index (χ4v) is 1.64. The van der Waals surface area contributed by atoms with Crippen LogP contribution in [0.3, 0.4) is 0 Å². The summed E-state index contributed by atoms with van der Waals surface area (Å²) in [5.41, 5.74) is 0. The lowest BCUT2D eigenvalue weighted by Gasteiger charge is -2.32. The van der Waals surface area contributed by atoms with Crippen molar-refractivity contribution in [2.45, 2.75) is 25.0 Å². The molecular weight excluding hydrogens is 216 g/mol. The summed E-state index contributed by atoms with van der Waals surface area (Å²) < 4.78 is 26.4. The van der Waals surface area contributed by atoms with Crippen molar-refractivity contribution in [1.29, 1.82) is 0 Å². The number of nitrogens with zero attached hydrogens (tertiary/aromatic N) is 1. The van der Waals surface area contributed by atoms with Crippen LogP contribution < -0.4 is 10.6 Å². The topological polar surface area (TPSA) is 57.2 Å². The summed E-state index contributed by atoms with van der Waals surface area (Å²) in [7, 11) is 1.51. The molecule has 2 rings (SSSR count). The van der Waals surface area contributed by atoms with Crippen molar-refractivity contribution in [2.75, 3.05) is 17.7 Å². The molecule has 0 saturated heterocycles. The molecule has 1 aliphatic carbocycles. The van der Waals surface area contributed by atoms with Crippen molar-refractivity contribution in [1.82, 2.24) is 4.98 Å². The van der Waals surface area contributed by atoms with Gasteiger partial charge in [-0.05, 0) is 12.8 Å². The van der Waals surface area contributed by atoms with Gasteiger partial charge < -0.3 is 15.7 Å². The van der Waals surface area contributed by atoms with Crippen LogP contribution in [-0.2, 0) is 0 Å². The Balaban J connectivity index is 2.13. The van der Waals surface area contributed by atoms with Gasteiger partial charge in [-0.1, -0.05) is 0 Å². The summed E-state index contributed by atoms with van der Waals surface area (Å²) in [5, 5.41) is 14.4. The minimum absolute atomic E-state index is 0.00349. The Morgan fingerprint density at radius 2 is 1.94 bits per heavy atom. The van der Waals surface area contributed by atoms with Crippen LogP contribution in [0.5, 0.6) is 0 Å². The van der Waals surface area contributed by atoms with E-state index in [1.165, 1.54) is 7.05 Å². The third kappa shape index (κ3) is 2.06. The second-order valence-electron chi connectivity index (χ2n) is 3.87. The van der Waals surface area contributed by atoms with E-state index in [0.29, 0.717) is 12.8 Å². The van der Waals surface area contributed by atoms with Gasteiger partial charge >= 0.3 is 0 Å². The predicted octanol–water partition coefficient (Wildman–Crippen LogP) is 1.34. The molecule has 0 bridgehead atoms. The van der Waals surface area contributed by atoms with E-state index in [1.807, 2.05) is 0 Å². The zero-order valence-corrected chi connectivity index (χ0v) is 8.80. The van der Waals surface area contributed by atoms with Crippen LogP contribution in [0, 0.1) is 11.6 Å². The fourth-order valence-electron chi connectivity index (χ4n) is 1.64. The molecule has 1 aromatic heterocycles. The summed E-state index contributed by atoms with van der Waals surface area (Å²) >= 11 is 0. The number of anilines is 2. The quantitative estimate of drug-likeness (QED) is 0.732. The molecule has 1 aliphatic rings. The van der Waals surface area contributed by atoms with E-state index in [9.17, 15) is 8.78 Å². The second-order valence-corrected chi connectivity index (χ2v) is 3.87. The van der Waals surface area contributed by atoms with Gasteiger partial charge in [0.1, 0.15) is 0 Å². The van der Waals surface area contributed by atoms with Gasteiger partial charge in [-0.3, -0.25) is 0 Å². The van der Waals surface area contributed by atoms with Crippen LogP contribution in [0.1, 0.15) is 12.8 Å². The fraction of sp³-hybridized carbons (Fsp3) is 0.500. The van der Waals surface area contributed by atoms with Gasteiger partial charge in [-0.25, -0.2) is 13.8 Å². The number of halogens is 2. The summed E-state index contributed by atoms with van der Waals surface area (Å²) in [4.78, 5) is 3.78. The van der Waals surface area contributed by atoms with Crippen molar-refractivity contribution in [3.05, 3.63) is 17.7 Å². The van der Waals surface area contributed by atoms with Gasteiger partial charge in [0.15, 0.2) is 23.3 Å². The lowest BCUT2D eigenvalue weighted by molar-refractivity contribution is 0.0834. The van der Waals surface area contributed by atoms with Gasteiger partial charge in [-0.2, -0.15) is 0 Å². The third-order valence-corrected chi connectivity index (χ3v) is 2.62. The van der Waals surface area contributed by atoms with Gasteiger partial charge in [-0.15, -0.1) is 0 Å². The largest absolute Gasteiger partial charge is 0.393 e. The second kappa shape index (κ2) is 4.21. The first-order valence-electron chi connectivity index (χ1n) is 5.08. The first-order valence-corrected chi connectivity index (χ1v) is 5.08. The lowest BCUT2D eigenvalue weighted by Crippen LogP contribution is -2.39. The number of hydrogen-bond donors (Lipinski definition) is 3. The van der Waals surface area contributed by atoms with Crippen LogP contribution in [0.15, 0.2) is 6.07 Å². The number of pyridine rings is 1. The Kier molecular flexibility index (Phi) is 2.91. The Morgan fingerprint density at radius 3 is 2.50 bits per heavy atom. The molecule has 6 heteroatoms. The Labute approximate surface area is 91.7 Å². The average molecular weight is 229 g/mol. The van der Waals surface area contributed by atoms with Crippen LogP contribution in [-0.4, -0.2) is 29.3 Å². The highest BCUT2D eigenvalue weighted by Crippen LogP contribution is 2.26. The van der Waals surface area contributed by atoms with E-state index in [4.69, 9.17) is 5.11 Å². The van der Waals surface area contributed by atoms with E-state index in [1.54, 1.807) is 0 Å². The van der Waals surface area contributed by atoms with Gasteiger partial charge in [0.05, 0.1) is 6.10 Å². The summed E-state index contributed by atoms with van der Waals surface area (Å²) in [6, 6.07) is 0.795. The Hall–Kier alpha value is -1.43. The maximum Gasteiger partial charge on any atom is 0.168 e. The molecule has 3 N–H and O–H groups in total. The maximum atomic E-state index is 13.3. The van der Waals surface area contributed by atoms with Gasteiger partial charge in [0, 0.05) is 19.2 Å². The Morgan fingerprint density at radius 1 is 1.31 bits per heavy atom. The van der Waals surface area contributed by atoms with Crippen molar-refractivity contribution in [3.63, 3.8) is 0 Å². The molecule has 1 aromatic rings. The first-order chi connectivity index (χ1) is 7.60. The molecule has 0 aromatic carbocycles. The first kappa shape index (κ1) is 11.1. The van der Waals surface area contributed by atoms with E-state index in [-0.39, 0.29) is 23.8 Å². The number of hydrogen-bond acceptors (Lipinski definition) is 4. The molecule has 88 valence electrons. The van der Waals surface area contributed by atoms with Crippen molar-refractivity contribution in [3.8, 4) is 0 Å². The zero-order valence-electron chi connectivity index (χ0n) is 8.80. The van der Waals surface area contributed by atoms with Crippen molar-refractivity contribution < 1.29 is 13.9 Å². The zero-order chi connectivity index (χ0) is 11.7. The molecule has 4 nitrogen and oxygen atoms in total. The molecule has 0 spiro atoms. The van der Waals surface area contributed by atoms with Crippen molar-refractivity contribution >= 4 is 11.6 Å².